The molecule has 84 valence electrons. The molecule has 1 rings (SSSR count). The maximum Gasteiger partial charge on any atom is 0.0658 e. The summed E-state index contributed by atoms with van der Waals surface area (Å²) in [6.45, 7) is 3.77. The van der Waals surface area contributed by atoms with Gasteiger partial charge in [0.25, 0.3) is 0 Å². The van der Waals surface area contributed by atoms with E-state index in [4.69, 9.17) is 17.3 Å². The standard InChI is InChI=1S/C11H17ClN2O/c1-7(5-8(2)15)14-11-4-3-9(13)6-10(11)12/h3-4,6-8,14-15H,5,13H2,1-2H3. The maximum atomic E-state index is 9.22. The van der Waals surface area contributed by atoms with Crippen LogP contribution in [0.25, 0.3) is 0 Å². The van der Waals surface area contributed by atoms with Crippen LogP contribution in [0.5, 0.6) is 0 Å². The molecule has 0 aliphatic heterocycles. The SMILES string of the molecule is CC(O)CC(C)Nc1ccc(N)cc1Cl. The molecule has 0 saturated heterocycles. The third-order valence-corrected chi connectivity index (χ3v) is 2.40. The van der Waals surface area contributed by atoms with E-state index in [0.29, 0.717) is 17.1 Å². The van der Waals surface area contributed by atoms with Gasteiger partial charge in [0, 0.05) is 11.7 Å². The van der Waals surface area contributed by atoms with Crippen molar-refractivity contribution in [2.24, 2.45) is 0 Å². The van der Waals surface area contributed by atoms with Gasteiger partial charge in [-0.15, -0.1) is 0 Å². The van der Waals surface area contributed by atoms with E-state index in [9.17, 15) is 5.11 Å². The topological polar surface area (TPSA) is 58.3 Å². The molecule has 2 unspecified atom stereocenters. The first-order chi connectivity index (χ1) is 6.99. The van der Waals surface area contributed by atoms with Crippen molar-refractivity contribution in [3.05, 3.63) is 23.2 Å². The summed E-state index contributed by atoms with van der Waals surface area (Å²) in [5.41, 5.74) is 7.08. The minimum Gasteiger partial charge on any atom is -0.399 e. The molecular formula is C11H17ClN2O. The normalized spacial score (nSPS) is 14.7. The Balaban J connectivity index is 2.64. The Labute approximate surface area is 95.2 Å². The highest BCUT2D eigenvalue weighted by molar-refractivity contribution is 6.33. The lowest BCUT2D eigenvalue weighted by Crippen LogP contribution is -2.20. The molecule has 0 saturated carbocycles. The van der Waals surface area contributed by atoms with E-state index < -0.39 is 0 Å². The summed E-state index contributed by atoms with van der Waals surface area (Å²) >= 11 is 6.01. The number of nitrogens with one attached hydrogen (secondary N) is 1. The summed E-state index contributed by atoms with van der Waals surface area (Å²) in [4.78, 5) is 0. The molecule has 0 heterocycles. The van der Waals surface area contributed by atoms with Gasteiger partial charge >= 0.3 is 0 Å². The van der Waals surface area contributed by atoms with Gasteiger partial charge in [0.1, 0.15) is 0 Å². The largest absolute Gasteiger partial charge is 0.399 e. The Morgan fingerprint density at radius 1 is 1.47 bits per heavy atom. The van der Waals surface area contributed by atoms with Gasteiger partial charge in [-0.2, -0.15) is 0 Å². The second-order valence-electron chi connectivity index (χ2n) is 3.87. The highest BCUT2D eigenvalue weighted by Gasteiger charge is 2.07. The summed E-state index contributed by atoms with van der Waals surface area (Å²) < 4.78 is 0. The van der Waals surface area contributed by atoms with E-state index in [0.717, 1.165) is 5.69 Å². The number of aliphatic hydroxyl groups is 1. The van der Waals surface area contributed by atoms with Crippen LogP contribution in [0.1, 0.15) is 20.3 Å². The van der Waals surface area contributed by atoms with Crippen LogP contribution in [0.4, 0.5) is 11.4 Å². The maximum absolute atomic E-state index is 9.22. The molecule has 0 amide bonds. The van der Waals surface area contributed by atoms with E-state index in [1.165, 1.54) is 0 Å². The fraction of sp³-hybridized carbons (Fsp3) is 0.455. The number of aliphatic hydroxyl groups excluding tert-OH is 1. The molecule has 0 fully saturated rings. The first-order valence-corrected chi connectivity index (χ1v) is 5.36. The van der Waals surface area contributed by atoms with Crippen molar-refractivity contribution >= 4 is 23.0 Å². The fourth-order valence-corrected chi connectivity index (χ4v) is 1.73. The molecule has 0 aliphatic carbocycles. The highest BCUT2D eigenvalue weighted by Crippen LogP contribution is 2.25. The third-order valence-electron chi connectivity index (χ3n) is 2.09. The predicted octanol–water partition coefficient (Wildman–Crippen LogP) is 2.49. The van der Waals surface area contributed by atoms with E-state index >= 15 is 0 Å². The van der Waals surface area contributed by atoms with Crippen molar-refractivity contribution in [3.63, 3.8) is 0 Å². The lowest BCUT2D eigenvalue weighted by Gasteiger charge is -2.17. The third kappa shape index (κ3) is 3.98. The van der Waals surface area contributed by atoms with Crippen molar-refractivity contribution in [3.8, 4) is 0 Å². The average molecular weight is 229 g/mol. The predicted molar refractivity (Wildman–Crippen MR) is 65.2 cm³/mol. The zero-order valence-electron chi connectivity index (χ0n) is 9.00. The van der Waals surface area contributed by atoms with Crippen molar-refractivity contribution in [2.45, 2.75) is 32.4 Å². The van der Waals surface area contributed by atoms with Gasteiger partial charge in [0.05, 0.1) is 16.8 Å². The molecule has 15 heavy (non-hydrogen) atoms. The van der Waals surface area contributed by atoms with Crippen LogP contribution in [0.3, 0.4) is 0 Å². The van der Waals surface area contributed by atoms with Crippen molar-refractivity contribution in [1.29, 1.82) is 0 Å². The minimum atomic E-state index is -0.319. The minimum absolute atomic E-state index is 0.172. The fourth-order valence-electron chi connectivity index (χ4n) is 1.48. The van der Waals surface area contributed by atoms with Crippen molar-refractivity contribution in [2.75, 3.05) is 11.1 Å². The number of anilines is 2. The summed E-state index contributed by atoms with van der Waals surface area (Å²) in [6.07, 6.45) is 0.362. The van der Waals surface area contributed by atoms with Gasteiger partial charge in [0.2, 0.25) is 0 Å². The average Bonchev–Trinajstić information content (AvgIpc) is 2.08. The molecule has 2 atom stereocenters. The zero-order chi connectivity index (χ0) is 11.4. The molecular weight excluding hydrogens is 212 g/mol. The van der Waals surface area contributed by atoms with Gasteiger partial charge in [-0.3, -0.25) is 0 Å². The summed E-state index contributed by atoms with van der Waals surface area (Å²) in [5.74, 6) is 0. The first kappa shape index (κ1) is 12.1. The number of benzene rings is 1. The van der Waals surface area contributed by atoms with E-state index in [-0.39, 0.29) is 12.1 Å². The second-order valence-corrected chi connectivity index (χ2v) is 4.28. The Bertz CT molecular complexity index is 328. The summed E-state index contributed by atoms with van der Waals surface area (Å²) in [5, 5.41) is 13.0. The van der Waals surface area contributed by atoms with Crippen LogP contribution in [0.15, 0.2) is 18.2 Å². The molecule has 0 aliphatic rings. The second kappa shape index (κ2) is 5.24. The molecule has 0 aromatic heterocycles. The number of hydrogen-bond donors (Lipinski definition) is 3. The molecule has 4 N–H and O–H groups in total. The van der Waals surface area contributed by atoms with Gasteiger partial charge in [0.15, 0.2) is 0 Å². The van der Waals surface area contributed by atoms with Gasteiger partial charge < -0.3 is 16.2 Å². The molecule has 1 aromatic rings. The van der Waals surface area contributed by atoms with E-state index in [1.807, 2.05) is 13.0 Å². The number of hydrogen-bond acceptors (Lipinski definition) is 3. The smallest absolute Gasteiger partial charge is 0.0658 e. The monoisotopic (exact) mass is 228 g/mol. The van der Waals surface area contributed by atoms with Crippen LogP contribution < -0.4 is 11.1 Å². The van der Waals surface area contributed by atoms with Crippen molar-refractivity contribution < 1.29 is 5.11 Å². The first-order valence-electron chi connectivity index (χ1n) is 4.98. The number of nitrogens with two attached hydrogens (primary N) is 1. The Kier molecular flexibility index (Phi) is 4.24. The van der Waals surface area contributed by atoms with E-state index in [2.05, 4.69) is 5.32 Å². The quantitative estimate of drug-likeness (QED) is 0.694. The molecule has 4 heteroatoms. The lowest BCUT2D eigenvalue weighted by molar-refractivity contribution is 0.179. The van der Waals surface area contributed by atoms with Gasteiger partial charge in [-0.25, -0.2) is 0 Å². The Morgan fingerprint density at radius 3 is 2.67 bits per heavy atom. The molecule has 1 aromatic carbocycles. The zero-order valence-corrected chi connectivity index (χ0v) is 9.75. The lowest BCUT2D eigenvalue weighted by atomic mass is 10.1. The molecule has 3 nitrogen and oxygen atoms in total. The van der Waals surface area contributed by atoms with Crippen LogP contribution in [-0.4, -0.2) is 17.3 Å². The molecule has 0 radical (unpaired) electrons. The molecule has 0 bridgehead atoms. The summed E-state index contributed by atoms with van der Waals surface area (Å²) in [7, 11) is 0. The Hall–Kier alpha value is -0.930. The summed E-state index contributed by atoms with van der Waals surface area (Å²) in [6, 6.07) is 5.52. The van der Waals surface area contributed by atoms with Crippen LogP contribution >= 0.6 is 11.6 Å². The van der Waals surface area contributed by atoms with Gasteiger partial charge in [-0.1, -0.05) is 11.6 Å². The van der Waals surface area contributed by atoms with Crippen LogP contribution in [-0.2, 0) is 0 Å². The highest BCUT2D eigenvalue weighted by atomic mass is 35.5. The van der Waals surface area contributed by atoms with Crippen LogP contribution in [0, 0.1) is 0 Å². The van der Waals surface area contributed by atoms with Crippen LogP contribution in [0.2, 0.25) is 5.02 Å². The Morgan fingerprint density at radius 2 is 2.13 bits per heavy atom. The van der Waals surface area contributed by atoms with Crippen molar-refractivity contribution in [1.82, 2.24) is 0 Å². The number of halogens is 1. The molecule has 0 spiro atoms. The van der Waals surface area contributed by atoms with E-state index in [1.54, 1.807) is 19.1 Å². The van der Waals surface area contributed by atoms with Gasteiger partial charge in [-0.05, 0) is 38.5 Å². The number of rotatable bonds is 4. The number of nitrogen functional groups attached to an aromatic ring is 1.